The second-order valence-electron chi connectivity index (χ2n) is 5.67. The van der Waals surface area contributed by atoms with Crippen molar-refractivity contribution in [2.75, 3.05) is 0 Å². The fourth-order valence-corrected chi connectivity index (χ4v) is 3.27. The molecule has 0 spiro atoms. The van der Waals surface area contributed by atoms with E-state index in [1.807, 2.05) is 19.1 Å². The first kappa shape index (κ1) is 13.7. The Morgan fingerprint density at radius 2 is 1.80 bits per heavy atom. The molecule has 0 aliphatic heterocycles. The van der Waals surface area contributed by atoms with Gasteiger partial charge in [-0.3, -0.25) is 0 Å². The molecule has 1 aliphatic rings. The van der Waals surface area contributed by atoms with E-state index in [0.29, 0.717) is 0 Å². The lowest BCUT2D eigenvalue weighted by Crippen LogP contribution is -2.14. The zero-order chi connectivity index (χ0) is 14.1. The molecule has 2 aromatic rings. The molecular formula is C18H20ClN. The van der Waals surface area contributed by atoms with Crippen molar-refractivity contribution in [3.05, 3.63) is 69.2 Å². The number of hydrogen-bond acceptors (Lipinski definition) is 1. The van der Waals surface area contributed by atoms with E-state index in [0.717, 1.165) is 16.1 Å². The predicted octanol–water partition coefficient (Wildman–Crippen LogP) is 4.58. The molecule has 0 fully saturated rings. The molecule has 2 aromatic carbocycles. The Balaban J connectivity index is 1.98. The van der Waals surface area contributed by atoms with Gasteiger partial charge in [-0.25, -0.2) is 0 Å². The van der Waals surface area contributed by atoms with Crippen LogP contribution < -0.4 is 5.73 Å². The van der Waals surface area contributed by atoms with E-state index in [1.54, 1.807) is 0 Å². The van der Waals surface area contributed by atoms with Gasteiger partial charge in [-0.2, -0.15) is 0 Å². The maximum Gasteiger partial charge on any atom is 0.0554 e. The number of aryl methyl sites for hydroxylation is 2. The highest BCUT2D eigenvalue weighted by Crippen LogP contribution is 2.30. The first-order chi connectivity index (χ1) is 9.66. The third-order valence-corrected chi connectivity index (χ3v) is 4.79. The summed E-state index contributed by atoms with van der Waals surface area (Å²) >= 11 is 6.21. The summed E-state index contributed by atoms with van der Waals surface area (Å²) in [5.41, 5.74) is 12.8. The lowest BCUT2D eigenvalue weighted by molar-refractivity contribution is 0.682. The van der Waals surface area contributed by atoms with Crippen molar-refractivity contribution in [3.63, 3.8) is 0 Å². The summed E-state index contributed by atoms with van der Waals surface area (Å²) in [7, 11) is 0. The van der Waals surface area contributed by atoms with Crippen LogP contribution in [0.3, 0.4) is 0 Å². The van der Waals surface area contributed by atoms with Gasteiger partial charge < -0.3 is 5.73 Å². The summed E-state index contributed by atoms with van der Waals surface area (Å²) in [4.78, 5) is 0. The minimum absolute atomic E-state index is 0.0964. The maximum atomic E-state index is 6.46. The second-order valence-corrected chi connectivity index (χ2v) is 6.07. The molecule has 0 radical (unpaired) electrons. The van der Waals surface area contributed by atoms with Crippen molar-refractivity contribution in [1.29, 1.82) is 0 Å². The lowest BCUT2D eigenvalue weighted by atomic mass is 9.87. The third-order valence-electron chi connectivity index (χ3n) is 4.38. The molecule has 0 aromatic heterocycles. The summed E-state index contributed by atoms with van der Waals surface area (Å²) in [5.74, 6) is 0. The van der Waals surface area contributed by atoms with Crippen molar-refractivity contribution in [1.82, 2.24) is 0 Å². The summed E-state index contributed by atoms with van der Waals surface area (Å²) < 4.78 is 0. The van der Waals surface area contributed by atoms with E-state index in [1.165, 1.54) is 42.4 Å². The van der Waals surface area contributed by atoms with E-state index in [2.05, 4.69) is 24.3 Å². The fourth-order valence-electron chi connectivity index (χ4n) is 3.09. The highest BCUT2D eigenvalue weighted by Gasteiger charge is 2.16. The SMILES string of the molecule is Cc1c(Cl)cccc1C(N)c1ccc2c(c1)CCCC2. The monoisotopic (exact) mass is 285 g/mol. The summed E-state index contributed by atoms with van der Waals surface area (Å²) in [5, 5.41) is 0.788. The first-order valence-electron chi connectivity index (χ1n) is 7.29. The average Bonchev–Trinajstić information content (AvgIpc) is 2.49. The fraction of sp³-hybridized carbons (Fsp3) is 0.333. The lowest BCUT2D eigenvalue weighted by Gasteiger charge is -2.20. The van der Waals surface area contributed by atoms with Gasteiger partial charge in [-0.15, -0.1) is 0 Å². The van der Waals surface area contributed by atoms with Crippen LogP contribution in [-0.4, -0.2) is 0 Å². The van der Waals surface area contributed by atoms with E-state index < -0.39 is 0 Å². The standard InChI is InChI=1S/C18H20ClN/c1-12-16(7-4-8-17(12)19)18(20)15-10-9-13-5-2-3-6-14(13)11-15/h4,7-11,18H,2-3,5-6,20H2,1H3. The first-order valence-corrected chi connectivity index (χ1v) is 7.67. The van der Waals surface area contributed by atoms with Gasteiger partial charge in [-0.1, -0.05) is 41.9 Å². The highest BCUT2D eigenvalue weighted by atomic mass is 35.5. The van der Waals surface area contributed by atoms with E-state index >= 15 is 0 Å². The van der Waals surface area contributed by atoms with Crippen molar-refractivity contribution in [3.8, 4) is 0 Å². The average molecular weight is 286 g/mol. The van der Waals surface area contributed by atoms with Gasteiger partial charge in [0.25, 0.3) is 0 Å². The Kier molecular flexibility index (Phi) is 3.82. The third kappa shape index (κ3) is 2.48. The summed E-state index contributed by atoms with van der Waals surface area (Å²) in [6.45, 7) is 2.04. The molecule has 20 heavy (non-hydrogen) atoms. The molecule has 1 atom stereocenters. The summed E-state index contributed by atoms with van der Waals surface area (Å²) in [6.07, 6.45) is 5.00. The van der Waals surface area contributed by atoms with Crippen molar-refractivity contribution in [2.24, 2.45) is 5.73 Å². The van der Waals surface area contributed by atoms with E-state index in [9.17, 15) is 0 Å². The molecule has 1 unspecified atom stereocenters. The van der Waals surface area contributed by atoms with Gasteiger partial charge in [-0.05, 0) is 66.5 Å². The van der Waals surface area contributed by atoms with Crippen LogP contribution in [0.4, 0.5) is 0 Å². The summed E-state index contributed by atoms with van der Waals surface area (Å²) in [6, 6.07) is 12.6. The zero-order valence-corrected chi connectivity index (χ0v) is 12.6. The molecule has 0 saturated heterocycles. The van der Waals surface area contributed by atoms with Gasteiger partial charge in [0.2, 0.25) is 0 Å². The highest BCUT2D eigenvalue weighted by molar-refractivity contribution is 6.31. The normalized spacial score (nSPS) is 15.8. The number of benzene rings is 2. The van der Waals surface area contributed by atoms with Crippen molar-refractivity contribution in [2.45, 2.75) is 38.6 Å². The topological polar surface area (TPSA) is 26.0 Å². The van der Waals surface area contributed by atoms with Crippen molar-refractivity contribution >= 4 is 11.6 Å². The Labute approximate surface area is 125 Å². The maximum absolute atomic E-state index is 6.46. The Morgan fingerprint density at radius 3 is 2.60 bits per heavy atom. The van der Waals surface area contributed by atoms with Crippen LogP contribution in [0.5, 0.6) is 0 Å². The number of fused-ring (bicyclic) bond motifs is 1. The largest absolute Gasteiger partial charge is 0.320 e. The Hall–Kier alpha value is -1.31. The van der Waals surface area contributed by atoms with E-state index in [-0.39, 0.29) is 6.04 Å². The molecule has 3 rings (SSSR count). The van der Waals surface area contributed by atoms with Crippen LogP contribution in [0.15, 0.2) is 36.4 Å². The van der Waals surface area contributed by atoms with Gasteiger partial charge in [0, 0.05) is 5.02 Å². The van der Waals surface area contributed by atoms with Gasteiger partial charge in [0.1, 0.15) is 0 Å². The number of rotatable bonds is 2. The molecule has 1 aliphatic carbocycles. The quantitative estimate of drug-likeness (QED) is 0.859. The van der Waals surface area contributed by atoms with Crippen LogP contribution in [0.25, 0.3) is 0 Å². The van der Waals surface area contributed by atoms with Crippen LogP contribution >= 0.6 is 11.6 Å². The van der Waals surface area contributed by atoms with E-state index in [4.69, 9.17) is 17.3 Å². The van der Waals surface area contributed by atoms with Crippen LogP contribution in [0, 0.1) is 6.92 Å². The molecular weight excluding hydrogens is 266 g/mol. The Morgan fingerprint density at radius 1 is 1.05 bits per heavy atom. The van der Waals surface area contributed by atoms with Crippen LogP contribution in [0.1, 0.15) is 46.7 Å². The van der Waals surface area contributed by atoms with Crippen molar-refractivity contribution < 1.29 is 0 Å². The molecule has 0 amide bonds. The van der Waals surface area contributed by atoms with Crippen LogP contribution in [0.2, 0.25) is 5.02 Å². The van der Waals surface area contributed by atoms with Gasteiger partial charge in [0.05, 0.1) is 6.04 Å². The van der Waals surface area contributed by atoms with Crippen LogP contribution in [-0.2, 0) is 12.8 Å². The number of nitrogens with two attached hydrogens (primary N) is 1. The molecule has 0 saturated carbocycles. The minimum atomic E-state index is -0.0964. The molecule has 0 bridgehead atoms. The van der Waals surface area contributed by atoms with Gasteiger partial charge in [0.15, 0.2) is 0 Å². The minimum Gasteiger partial charge on any atom is -0.320 e. The zero-order valence-electron chi connectivity index (χ0n) is 11.8. The predicted molar refractivity (Wildman–Crippen MR) is 85.3 cm³/mol. The number of hydrogen-bond donors (Lipinski definition) is 1. The van der Waals surface area contributed by atoms with Gasteiger partial charge >= 0.3 is 0 Å². The second kappa shape index (κ2) is 5.59. The Bertz CT molecular complexity index is 633. The molecule has 0 heterocycles. The molecule has 104 valence electrons. The molecule has 1 nitrogen and oxygen atoms in total. The smallest absolute Gasteiger partial charge is 0.0554 e. The molecule has 2 heteroatoms. The molecule has 2 N–H and O–H groups in total. The number of halogens is 1.